The van der Waals surface area contributed by atoms with Gasteiger partial charge in [0, 0.05) is 0 Å². The van der Waals surface area contributed by atoms with Crippen LogP contribution < -0.4 is 9.78 Å². The van der Waals surface area contributed by atoms with E-state index in [-0.39, 0.29) is 11.3 Å². The summed E-state index contributed by atoms with van der Waals surface area (Å²) in [4.78, 5) is 12.2. The normalized spacial score (nSPS) is 12.7. The van der Waals surface area contributed by atoms with E-state index >= 15 is 0 Å². The molecule has 22 heavy (non-hydrogen) atoms. The molecule has 1 amide bonds. The molecule has 0 aliphatic rings. The van der Waals surface area contributed by atoms with Crippen molar-refractivity contribution in [2.75, 3.05) is 5.32 Å². The summed E-state index contributed by atoms with van der Waals surface area (Å²) in [6, 6.07) is 10.6. The van der Waals surface area contributed by atoms with Crippen LogP contribution in [0.1, 0.15) is 15.9 Å². The molecule has 7 heteroatoms. The Labute approximate surface area is 129 Å². The summed E-state index contributed by atoms with van der Waals surface area (Å²) in [5, 5.41) is 2.51. The second kappa shape index (κ2) is 6.42. The zero-order valence-electron chi connectivity index (χ0n) is 11.5. The van der Waals surface area contributed by atoms with E-state index in [0.29, 0.717) is 4.46 Å². The Balaban J connectivity index is 2.21. The zero-order valence-corrected chi connectivity index (χ0v) is 13.2. The van der Waals surface area contributed by atoms with Crippen molar-refractivity contribution >= 4 is 29.9 Å². The Bertz CT molecular complexity index is 711. The zero-order chi connectivity index (χ0) is 16.3. The average Bonchev–Trinajstić information content (AvgIpc) is 2.46. The molecular weight excluding hydrogens is 362 g/mol. The van der Waals surface area contributed by atoms with Crippen molar-refractivity contribution in [2.45, 2.75) is 12.0 Å². The Morgan fingerprint density at radius 1 is 1.05 bits per heavy atom. The van der Waals surface area contributed by atoms with Gasteiger partial charge in [0.25, 0.3) is 0 Å². The predicted molar refractivity (Wildman–Crippen MR) is 77.8 cm³/mol. The van der Waals surface area contributed by atoms with E-state index in [0.717, 1.165) is 12.1 Å². The molecule has 1 N–H and O–H groups in total. The molecule has 0 aliphatic carbocycles. The van der Waals surface area contributed by atoms with Crippen LogP contribution in [-0.4, -0.2) is 19.7 Å². The number of nitrogens with one attached hydrogen (secondary N) is 1. The maximum absolute atomic E-state index is 12.5. The molecule has 0 spiro atoms. The number of benzene rings is 2. The minimum absolute atomic E-state index is 0.242. The van der Waals surface area contributed by atoms with Crippen LogP contribution in [0.4, 0.5) is 18.9 Å². The van der Waals surface area contributed by atoms with Crippen molar-refractivity contribution in [2.24, 2.45) is 0 Å². The molecule has 0 aliphatic heterocycles. The molecule has 0 saturated heterocycles. The van der Waals surface area contributed by atoms with E-state index in [1.165, 1.54) is 18.2 Å². The Kier molecular flexibility index (Phi) is 4.78. The van der Waals surface area contributed by atoms with Gasteiger partial charge in [-0.1, -0.05) is 0 Å². The first kappa shape index (κ1) is 16.4. The molecule has 0 aromatic heterocycles. The predicted octanol–water partition coefficient (Wildman–Crippen LogP) is 3.22. The summed E-state index contributed by atoms with van der Waals surface area (Å²) >= 11 is -2.29. The van der Waals surface area contributed by atoms with E-state index in [1.807, 2.05) is 0 Å². The minimum atomic E-state index is -4.42. The quantitative estimate of drug-likeness (QED) is 0.839. The van der Waals surface area contributed by atoms with Crippen LogP contribution in [0.3, 0.4) is 0 Å². The second-order valence-electron chi connectivity index (χ2n) is 4.48. The van der Waals surface area contributed by atoms with Gasteiger partial charge in [-0.2, -0.15) is 0 Å². The summed E-state index contributed by atoms with van der Waals surface area (Å²) in [5.41, 5.74) is -0.276. The first-order chi connectivity index (χ1) is 10.3. The van der Waals surface area contributed by atoms with E-state index in [1.54, 1.807) is 24.0 Å². The van der Waals surface area contributed by atoms with E-state index < -0.39 is 31.5 Å². The topological polar surface area (TPSA) is 46.2 Å². The summed E-state index contributed by atoms with van der Waals surface area (Å²) in [6.07, 6.45) is -4.42. The molecule has 2 rings (SSSR count). The third-order valence-electron chi connectivity index (χ3n) is 2.91. The summed E-state index contributed by atoms with van der Waals surface area (Å²) in [7, 11) is 0. The summed E-state index contributed by atoms with van der Waals surface area (Å²) in [6.45, 7) is 0. The van der Waals surface area contributed by atoms with E-state index in [9.17, 15) is 21.8 Å². The Hall–Kier alpha value is -1.98. The van der Waals surface area contributed by atoms with Crippen LogP contribution in [0, 0.1) is 0 Å². The number of carbonyl (C=O) groups excluding carboxylic acids is 1. The van der Waals surface area contributed by atoms with Gasteiger partial charge >= 0.3 is 129 Å². The third kappa shape index (κ3) is 3.81. The molecule has 2 aromatic carbocycles. The molecule has 0 fully saturated rings. The SMILES string of the molecule is C[Se](=O)c1ccccc1C(=O)Nc1ccc(C(F)(F)F)cc1. The molecule has 1 unspecified atom stereocenters. The van der Waals surface area contributed by atoms with Crippen LogP contribution in [0.5, 0.6) is 0 Å². The molecule has 0 heterocycles. The number of amides is 1. The van der Waals surface area contributed by atoms with Crippen LogP contribution in [-0.2, 0) is 10.0 Å². The van der Waals surface area contributed by atoms with E-state index in [2.05, 4.69) is 5.32 Å². The monoisotopic (exact) mass is 375 g/mol. The first-order valence-electron chi connectivity index (χ1n) is 6.20. The third-order valence-corrected chi connectivity index (χ3v) is 4.96. The van der Waals surface area contributed by atoms with Gasteiger partial charge in [-0.25, -0.2) is 0 Å². The number of carbonyl (C=O) groups is 1. The van der Waals surface area contributed by atoms with Gasteiger partial charge in [0.2, 0.25) is 0 Å². The van der Waals surface area contributed by atoms with Crippen molar-refractivity contribution in [3.63, 3.8) is 0 Å². The molecule has 3 nitrogen and oxygen atoms in total. The van der Waals surface area contributed by atoms with Gasteiger partial charge in [-0.05, 0) is 0 Å². The fourth-order valence-electron chi connectivity index (χ4n) is 1.85. The van der Waals surface area contributed by atoms with Gasteiger partial charge in [-0.15, -0.1) is 0 Å². The molecule has 1 atom stereocenters. The van der Waals surface area contributed by atoms with Gasteiger partial charge in [0.1, 0.15) is 0 Å². The first-order valence-corrected chi connectivity index (χ1v) is 9.47. The summed E-state index contributed by atoms with van der Waals surface area (Å²) in [5.74, 6) is 1.05. The summed E-state index contributed by atoms with van der Waals surface area (Å²) < 4.78 is 49.6. The van der Waals surface area contributed by atoms with Crippen LogP contribution in [0.15, 0.2) is 48.5 Å². The number of halogens is 3. The molecule has 0 saturated carbocycles. The van der Waals surface area contributed by atoms with Gasteiger partial charge in [-0.3, -0.25) is 0 Å². The number of alkyl halides is 3. The molecule has 0 radical (unpaired) electrons. The number of rotatable bonds is 3. The van der Waals surface area contributed by atoms with Crippen molar-refractivity contribution in [3.8, 4) is 0 Å². The Morgan fingerprint density at radius 2 is 1.64 bits per heavy atom. The van der Waals surface area contributed by atoms with Crippen LogP contribution in [0.2, 0.25) is 5.82 Å². The van der Waals surface area contributed by atoms with Gasteiger partial charge in [0.05, 0.1) is 0 Å². The Morgan fingerprint density at radius 3 is 2.18 bits per heavy atom. The molecular formula is C15H12F3NO2Se. The fraction of sp³-hybridized carbons (Fsp3) is 0.133. The van der Waals surface area contributed by atoms with E-state index in [4.69, 9.17) is 0 Å². The number of hydrogen-bond donors (Lipinski definition) is 1. The molecule has 0 bridgehead atoms. The van der Waals surface area contributed by atoms with Crippen molar-refractivity contribution in [1.82, 2.24) is 0 Å². The standard InChI is InChI=1S/C15H12F3NO2Se/c1-22(21)13-5-3-2-4-12(13)14(20)19-11-8-6-10(7-9-11)15(16,17)18/h2-9H,1H3,(H,19,20). The fourth-order valence-corrected chi connectivity index (χ4v) is 3.40. The number of anilines is 1. The average molecular weight is 374 g/mol. The van der Waals surface area contributed by atoms with Crippen molar-refractivity contribution in [1.29, 1.82) is 0 Å². The maximum atomic E-state index is 12.5. The molecule has 2 aromatic rings. The number of hydrogen-bond acceptors (Lipinski definition) is 2. The van der Waals surface area contributed by atoms with Crippen LogP contribution >= 0.6 is 0 Å². The van der Waals surface area contributed by atoms with Crippen LogP contribution in [0.25, 0.3) is 0 Å². The molecule has 116 valence electrons. The van der Waals surface area contributed by atoms with Crippen molar-refractivity contribution in [3.05, 3.63) is 59.7 Å². The second-order valence-corrected chi connectivity index (χ2v) is 7.31. The van der Waals surface area contributed by atoms with Crippen molar-refractivity contribution < 1.29 is 21.8 Å². The van der Waals surface area contributed by atoms with Gasteiger partial charge < -0.3 is 0 Å². The van der Waals surface area contributed by atoms with Gasteiger partial charge in [0.15, 0.2) is 0 Å².